The highest BCUT2D eigenvalue weighted by Crippen LogP contribution is 2.26. The first kappa shape index (κ1) is 22.8. The number of hydrogen-bond acceptors (Lipinski definition) is 2. The summed E-state index contributed by atoms with van der Waals surface area (Å²) in [5.41, 5.74) is 5.11. The van der Waals surface area contributed by atoms with E-state index in [1.807, 2.05) is 41.5 Å². The molecule has 0 heterocycles. The average molecular weight is 272 g/mol. The molecule has 3 N–H and O–H groups in total. The fourth-order valence-corrected chi connectivity index (χ4v) is 1.44. The van der Waals surface area contributed by atoms with E-state index in [9.17, 15) is 9.59 Å². The van der Waals surface area contributed by atoms with E-state index < -0.39 is 5.91 Å². The van der Waals surface area contributed by atoms with Gasteiger partial charge in [-0.2, -0.15) is 0 Å². The Morgan fingerprint density at radius 2 is 1.68 bits per heavy atom. The van der Waals surface area contributed by atoms with Gasteiger partial charge in [0, 0.05) is 19.4 Å². The zero-order valence-electron chi connectivity index (χ0n) is 13.7. The van der Waals surface area contributed by atoms with Crippen LogP contribution in [0.1, 0.15) is 54.4 Å². The van der Waals surface area contributed by atoms with Crippen molar-refractivity contribution < 1.29 is 9.59 Å². The van der Waals surface area contributed by atoms with Gasteiger partial charge in [-0.15, -0.1) is 6.58 Å². The lowest BCUT2D eigenvalue weighted by molar-refractivity contribution is -0.129. The smallest absolute Gasteiger partial charge is 0.223 e. The van der Waals surface area contributed by atoms with Crippen LogP contribution in [0.25, 0.3) is 0 Å². The van der Waals surface area contributed by atoms with Crippen molar-refractivity contribution in [2.24, 2.45) is 17.1 Å². The van der Waals surface area contributed by atoms with Gasteiger partial charge in [0.2, 0.25) is 11.8 Å². The maximum Gasteiger partial charge on any atom is 0.223 e. The molecule has 4 heteroatoms. The van der Waals surface area contributed by atoms with Crippen LogP contribution >= 0.6 is 0 Å². The predicted molar refractivity (Wildman–Crippen MR) is 82.7 cm³/mol. The quantitative estimate of drug-likeness (QED) is 0.772. The third kappa shape index (κ3) is 19.2. The molecule has 0 aromatic heterocycles. The summed E-state index contributed by atoms with van der Waals surface area (Å²) in [6, 6.07) is 0. The molecule has 19 heavy (non-hydrogen) atoms. The Hall–Kier alpha value is -1.32. The van der Waals surface area contributed by atoms with Crippen LogP contribution in [0.4, 0.5) is 0 Å². The lowest BCUT2D eigenvalue weighted by Crippen LogP contribution is -2.33. The second-order valence-electron chi connectivity index (χ2n) is 5.15. The van der Waals surface area contributed by atoms with E-state index >= 15 is 0 Å². The van der Waals surface area contributed by atoms with E-state index in [4.69, 9.17) is 5.73 Å². The number of allylic oxidation sites excluding steroid dienone is 1. The molecule has 0 bridgehead atoms. The van der Waals surface area contributed by atoms with E-state index in [0.717, 1.165) is 0 Å². The van der Waals surface area contributed by atoms with Crippen LogP contribution in [0.3, 0.4) is 0 Å². The number of primary amides is 1. The number of hydrogen-bond donors (Lipinski definition) is 2. The summed E-state index contributed by atoms with van der Waals surface area (Å²) in [5, 5.41) is 2.55. The van der Waals surface area contributed by atoms with E-state index in [0.29, 0.717) is 6.42 Å². The lowest BCUT2D eigenvalue weighted by atomic mass is 9.82. The van der Waals surface area contributed by atoms with Gasteiger partial charge in [-0.3, -0.25) is 9.59 Å². The molecule has 4 nitrogen and oxygen atoms in total. The van der Waals surface area contributed by atoms with Gasteiger partial charge in [-0.05, 0) is 18.8 Å². The molecule has 0 radical (unpaired) electrons. The molecule has 0 aromatic rings. The third-order valence-electron chi connectivity index (χ3n) is 1.92. The van der Waals surface area contributed by atoms with Crippen LogP contribution in [0.2, 0.25) is 0 Å². The highest BCUT2D eigenvalue weighted by Gasteiger charge is 2.25. The van der Waals surface area contributed by atoms with Crippen LogP contribution in [0, 0.1) is 11.3 Å². The number of carbonyl (C=O) groups is 2. The third-order valence-corrected chi connectivity index (χ3v) is 1.92. The first-order valence-electron chi connectivity index (χ1n) is 6.74. The molecule has 2 amide bonds. The van der Waals surface area contributed by atoms with Gasteiger partial charge < -0.3 is 11.1 Å². The van der Waals surface area contributed by atoms with Crippen molar-refractivity contribution in [2.75, 3.05) is 7.05 Å². The minimum Gasteiger partial charge on any atom is -0.370 e. The van der Waals surface area contributed by atoms with Gasteiger partial charge in [0.1, 0.15) is 0 Å². The first-order chi connectivity index (χ1) is 8.67. The van der Waals surface area contributed by atoms with E-state index in [-0.39, 0.29) is 23.7 Å². The minimum absolute atomic E-state index is 0.0205. The molecule has 0 fully saturated rings. The van der Waals surface area contributed by atoms with Crippen LogP contribution in [-0.2, 0) is 9.59 Å². The van der Waals surface area contributed by atoms with Crippen molar-refractivity contribution in [3.63, 3.8) is 0 Å². The Morgan fingerprint density at radius 1 is 1.32 bits per heavy atom. The van der Waals surface area contributed by atoms with E-state index in [1.165, 1.54) is 0 Å². The van der Waals surface area contributed by atoms with Gasteiger partial charge >= 0.3 is 0 Å². The number of nitrogens with two attached hydrogens (primary N) is 1. The van der Waals surface area contributed by atoms with E-state index in [1.54, 1.807) is 13.1 Å². The first-order valence-corrected chi connectivity index (χ1v) is 6.74. The Morgan fingerprint density at radius 3 is 1.89 bits per heavy atom. The van der Waals surface area contributed by atoms with Crippen LogP contribution in [-0.4, -0.2) is 18.9 Å². The van der Waals surface area contributed by atoms with Crippen molar-refractivity contribution in [3.8, 4) is 0 Å². The van der Waals surface area contributed by atoms with Crippen LogP contribution < -0.4 is 11.1 Å². The number of rotatable bonds is 4. The minimum atomic E-state index is -0.428. The highest BCUT2D eigenvalue weighted by molar-refractivity contribution is 5.84. The highest BCUT2D eigenvalue weighted by atomic mass is 16.2. The summed E-state index contributed by atoms with van der Waals surface area (Å²) in [5.74, 6) is -0.848. The standard InChI is InChI=1S/C10H20N2O2.C3H6.C2H6/c1-10(2,3)6-7(5-8(11)13)9(14)12-4;1-3-2;1-2/h7H,5-6H2,1-4H3,(H2,11,13)(H,12,14);3H,1H2,2H3;1-2H3. The van der Waals surface area contributed by atoms with Crippen molar-refractivity contribution >= 4 is 11.8 Å². The predicted octanol–water partition coefficient (Wildman–Crippen LogP) is 2.88. The second-order valence-corrected chi connectivity index (χ2v) is 5.15. The lowest BCUT2D eigenvalue weighted by Gasteiger charge is -2.23. The maximum absolute atomic E-state index is 11.4. The van der Waals surface area contributed by atoms with Crippen LogP contribution in [0.15, 0.2) is 12.7 Å². The van der Waals surface area contributed by atoms with Crippen LogP contribution in [0.5, 0.6) is 0 Å². The maximum atomic E-state index is 11.4. The molecule has 0 aliphatic carbocycles. The SMILES string of the molecule is C=CC.CC.CNC(=O)C(CC(N)=O)CC(C)(C)C. The zero-order chi connectivity index (χ0) is 16.1. The number of nitrogens with one attached hydrogen (secondary N) is 1. The number of carbonyl (C=O) groups excluding carboxylic acids is 2. The van der Waals surface area contributed by atoms with Crippen molar-refractivity contribution in [2.45, 2.75) is 54.4 Å². The summed E-state index contributed by atoms with van der Waals surface area (Å²) in [6.45, 7) is 15.3. The van der Waals surface area contributed by atoms with Gasteiger partial charge in [-0.1, -0.05) is 40.7 Å². The summed E-state index contributed by atoms with van der Waals surface area (Å²) in [4.78, 5) is 22.2. The molecule has 0 aliphatic heterocycles. The normalized spacial score (nSPS) is 10.9. The molecular weight excluding hydrogens is 240 g/mol. The average Bonchev–Trinajstić information content (AvgIpc) is 2.28. The Balaban J connectivity index is -0.000000445. The molecule has 0 saturated carbocycles. The van der Waals surface area contributed by atoms with E-state index in [2.05, 4.69) is 11.9 Å². The molecule has 0 saturated heterocycles. The topological polar surface area (TPSA) is 72.2 Å². The van der Waals surface area contributed by atoms with Gasteiger partial charge in [-0.25, -0.2) is 0 Å². The monoisotopic (exact) mass is 272 g/mol. The fourth-order valence-electron chi connectivity index (χ4n) is 1.44. The van der Waals surface area contributed by atoms with Gasteiger partial charge in [0.05, 0.1) is 0 Å². The molecule has 1 unspecified atom stereocenters. The molecule has 0 rings (SSSR count). The molecule has 0 spiro atoms. The second kappa shape index (κ2) is 13.1. The van der Waals surface area contributed by atoms with Gasteiger partial charge in [0.25, 0.3) is 0 Å². The molecular formula is C15H32N2O2. The van der Waals surface area contributed by atoms with Crippen molar-refractivity contribution in [3.05, 3.63) is 12.7 Å². The summed E-state index contributed by atoms with van der Waals surface area (Å²) >= 11 is 0. The van der Waals surface area contributed by atoms with Crippen molar-refractivity contribution in [1.29, 1.82) is 0 Å². The Labute approximate surface area is 118 Å². The Bertz CT molecular complexity index is 255. The summed E-state index contributed by atoms with van der Waals surface area (Å²) in [7, 11) is 1.57. The fraction of sp³-hybridized carbons (Fsp3) is 0.733. The van der Waals surface area contributed by atoms with Crippen molar-refractivity contribution in [1.82, 2.24) is 5.32 Å². The summed E-state index contributed by atoms with van der Waals surface area (Å²) in [6.07, 6.45) is 2.53. The molecule has 0 aromatic carbocycles. The molecule has 1 atom stereocenters. The number of amides is 2. The summed E-state index contributed by atoms with van der Waals surface area (Å²) < 4.78 is 0. The molecule has 0 aliphatic rings. The zero-order valence-corrected chi connectivity index (χ0v) is 13.7. The molecule has 114 valence electrons. The van der Waals surface area contributed by atoms with Gasteiger partial charge in [0.15, 0.2) is 0 Å². The Kier molecular flexibility index (Phi) is 15.8. The largest absolute Gasteiger partial charge is 0.370 e.